The maximum absolute atomic E-state index is 13.1. The molecule has 0 spiro atoms. The van der Waals surface area contributed by atoms with E-state index in [-0.39, 0.29) is 22.2 Å². The molecule has 78 valence electrons. The molecule has 0 aromatic heterocycles. The summed E-state index contributed by atoms with van der Waals surface area (Å²) < 4.78 is 18.0. The highest BCUT2D eigenvalue weighted by Gasteiger charge is 2.15. The van der Waals surface area contributed by atoms with Crippen LogP contribution >= 0.6 is 15.9 Å². The average molecular weight is 272 g/mol. The molecule has 0 atom stereocenters. The van der Waals surface area contributed by atoms with Gasteiger partial charge in [0, 0.05) is 0 Å². The van der Waals surface area contributed by atoms with E-state index in [2.05, 4.69) is 15.9 Å². The molecule has 0 heterocycles. The first-order valence-corrected chi connectivity index (χ1v) is 4.95. The van der Waals surface area contributed by atoms with Crippen LogP contribution in [-0.4, -0.2) is 12.6 Å². The molecule has 0 N–H and O–H groups in total. The Morgan fingerprint density at radius 3 is 2.87 bits per heavy atom. The third kappa shape index (κ3) is 2.54. The third-order valence-corrected chi connectivity index (χ3v) is 2.28. The van der Waals surface area contributed by atoms with Crippen LogP contribution in [0, 0.1) is 17.1 Å². The Morgan fingerprint density at radius 2 is 2.33 bits per heavy atom. The summed E-state index contributed by atoms with van der Waals surface area (Å²) in [6, 6.07) is 4.04. The highest BCUT2D eigenvalue weighted by molar-refractivity contribution is 9.10. The number of carbonyl (C=O) groups excluding carboxylic acids is 1. The number of esters is 1. The molecule has 0 fully saturated rings. The van der Waals surface area contributed by atoms with Crippen LogP contribution in [0.3, 0.4) is 0 Å². The van der Waals surface area contributed by atoms with Gasteiger partial charge >= 0.3 is 5.97 Å². The predicted molar refractivity (Wildman–Crippen MR) is 54.8 cm³/mol. The molecule has 1 aromatic rings. The van der Waals surface area contributed by atoms with E-state index in [1.54, 1.807) is 13.0 Å². The molecular formula is C10H7BrFNO2. The number of nitrogens with zero attached hydrogens (tertiary/aromatic N) is 1. The largest absolute Gasteiger partial charge is 0.462 e. The van der Waals surface area contributed by atoms with E-state index in [1.807, 2.05) is 0 Å². The minimum atomic E-state index is -0.694. The van der Waals surface area contributed by atoms with Crippen LogP contribution in [0.1, 0.15) is 22.8 Å². The van der Waals surface area contributed by atoms with Crippen LogP contribution in [0.5, 0.6) is 0 Å². The lowest BCUT2D eigenvalue weighted by Crippen LogP contribution is -2.07. The molecule has 1 rings (SSSR count). The number of ether oxygens (including phenoxy) is 1. The van der Waals surface area contributed by atoms with Crippen molar-refractivity contribution in [2.75, 3.05) is 6.61 Å². The van der Waals surface area contributed by atoms with Crippen molar-refractivity contribution in [3.05, 3.63) is 33.5 Å². The van der Waals surface area contributed by atoms with Crippen molar-refractivity contribution in [1.29, 1.82) is 5.26 Å². The van der Waals surface area contributed by atoms with E-state index in [4.69, 9.17) is 10.00 Å². The van der Waals surface area contributed by atoms with Gasteiger partial charge in [0.25, 0.3) is 0 Å². The van der Waals surface area contributed by atoms with Crippen LogP contribution < -0.4 is 0 Å². The monoisotopic (exact) mass is 271 g/mol. The standard InChI is InChI=1S/C10H7BrFNO2/c1-2-15-10(14)7-4-9(12)8(11)3-6(7)5-13/h3-4H,2H2,1H3. The van der Waals surface area contributed by atoms with Gasteiger partial charge in [-0.05, 0) is 35.0 Å². The predicted octanol–water partition coefficient (Wildman–Crippen LogP) is 2.64. The van der Waals surface area contributed by atoms with Crippen LogP contribution in [-0.2, 0) is 4.74 Å². The number of hydrogen-bond acceptors (Lipinski definition) is 3. The molecule has 5 heteroatoms. The van der Waals surface area contributed by atoms with Crippen molar-refractivity contribution in [3.63, 3.8) is 0 Å². The van der Waals surface area contributed by atoms with Crippen LogP contribution in [0.2, 0.25) is 0 Å². The summed E-state index contributed by atoms with van der Waals surface area (Å²) >= 11 is 2.93. The van der Waals surface area contributed by atoms with Gasteiger partial charge in [-0.25, -0.2) is 9.18 Å². The highest BCUT2D eigenvalue weighted by atomic mass is 79.9. The van der Waals surface area contributed by atoms with Gasteiger partial charge in [0.05, 0.1) is 22.2 Å². The SMILES string of the molecule is CCOC(=O)c1cc(F)c(Br)cc1C#N. The van der Waals surface area contributed by atoms with Crippen molar-refractivity contribution in [1.82, 2.24) is 0 Å². The van der Waals surface area contributed by atoms with E-state index >= 15 is 0 Å². The van der Waals surface area contributed by atoms with E-state index in [9.17, 15) is 9.18 Å². The first-order chi connectivity index (χ1) is 7.10. The number of benzene rings is 1. The second kappa shape index (κ2) is 4.89. The lowest BCUT2D eigenvalue weighted by molar-refractivity contribution is 0.0525. The summed E-state index contributed by atoms with van der Waals surface area (Å²) in [5.41, 5.74) is 0.0294. The maximum atomic E-state index is 13.1. The molecule has 1 aromatic carbocycles. The van der Waals surface area contributed by atoms with E-state index in [0.29, 0.717) is 0 Å². The topological polar surface area (TPSA) is 50.1 Å². The van der Waals surface area contributed by atoms with Crippen LogP contribution in [0.15, 0.2) is 16.6 Å². The summed E-state index contributed by atoms with van der Waals surface area (Å²) in [6.07, 6.45) is 0. The molecule has 15 heavy (non-hydrogen) atoms. The molecule has 0 radical (unpaired) electrons. The van der Waals surface area contributed by atoms with Gasteiger partial charge in [-0.1, -0.05) is 0 Å². The van der Waals surface area contributed by atoms with E-state index < -0.39 is 11.8 Å². The molecule has 0 aliphatic carbocycles. The van der Waals surface area contributed by atoms with E-state index in [1.165, 1.54) is 6.07 Å². The normalized spacial score (nSPS) is 9.47. The summed E-state index contributed by atoms with van der Waals surface area (Å²) in [5.74, 6) is -1.29. The van der Waals surface area contributed by atoms with Gasteiger partial charge in [0.1, 0.15) is 11.9 Å². The maximum Gasteiger partial charge on any atom is 0.339 e. The Balaban J connectivity index is 3.23. The molecule has 0 unspecified atom stereocenters. The Bertz CT molecular complexity index is 440. The van der Waals surface area contributed by atoms with Crippen molar-refractivity contribution in [3.8, 4) is 6.07 Å². The Kier molecular flexibility index (Phi) is 3.81. The number of hydrogen-bond donors (Lipinski definition) is 0. The number of rotatable bonds is 2. The van der Waals surface area contributed by atoms with Crippen molar-refractivity contribution >= 4 is 21.9 Å². The molecule has 0 aliphatic rings. The minimum Gasteiger partial charge on any atom is -0.462 e. The molecule has 0 bridgehead atoms. The Labute approximate surface area is 94.6 Å². The van der Waals surface area contributed by atoms with Crippen LogP contribution in [0.4, 0.5) is 4.39 Å². The summed E-state index contributed by atoms with van der Waals surface area (Å²) in [5, 5.41) is 8.75. The lowest BCUT2D eigenvalue weighted by atomic mass is 10.1. The second-order valence-corrected chi connectivity index (χ2v) is 3.50. The zero-order chi connectivity index (χ0) is 11.4. The Morgan fingerprint density at radius 1 is 1.67 bits per heavy atom. The second-order valence-electron chi connectivity index (χ2n) is 2.64. The Hall–Kier alpha value is -1.41. The fourth-order valence-electron chi connectivity index (χ4n) is 1.02. The quantitative estimate of drug-likeness (QED) is 0.777. The van der Waals surface area contributed by atoms with Gasteiger partial charge in [0.2, 0.25) is 0 Å². The summed E-state index contributed by atoms with van der Waals surface area (Å²) in [7, 11) is 0. The fraction of sp³-hybridized carbons (Fsp3) is 0.200. The molecular weight excluding hydrogens is 265 g/mol. The molecule has 0 saturated carbocycles. The fourth-order valence-corrected chi connectivity index (χ4v) is 1.36. The molecule has 0 saturated heterocycles. The highest BCUT2D eigenvalue weighted by Crippen LogP contribution is 2.21. The van der Waals surface area contributed by atoms with E-state index in [0.717, 1.165) is 6.07 Å². The van der Waals surface area contributed by atoms with Gasteiger partial charge in [0.15, 0.2) is 0 Å². The average Bonchev–Trinajstić information content (AvgIpc) is 2.21. The zero-order valence-electron chi connectivity index (χ0n) is 7.88. The summed E-state index contributed by atoms with van der Waals surface area (Å²) in [6.45, 7) is 1.82. The lowest BCUT2D eigenvalue weighted by Gasteiger charge is -2.04. The zero-order valence-corrected chi connectivity index (χ0v) is 9.47. The van der Waals surface area contributed by atoms with Gasteiger partial charge < -0.3 is 4.74 Å². The number of carbonyl (C=O) groups is 1. The third-order valence-electron chi connectivity index (χ3n) is 1.68. The molecule has 0 aliphatic heterocycles. The minimum absolute atomic E-state index is 0.0555. The number of halogens is 2. The smallest absolute Gasteiger partial charge is 0.339 e. The molecule has 0 amide bonds. The van der Waals surface area contributed by atoms with Crippen molar-refractivity contribution in [2.45, 2.75) is 6.92 Å². The summed E-state index contributed by atoms with van der Waals surface area (Å²) in [4.78, 5) is 11.3. The van der Waals surface area contributed by atoms with Gasteiger partial charge in [-0.15, -0.1) is 0 Å². The van der Waals surface area contributed by atoms with Crippen molar-refractivity contribution in [2.24, 2.45) is 0 Å². The van der Waals surface area contributed by atoms with Gasteiger partial charge in [-0.3, -0.25) is 0 Å². The van der Waals surface area contributed by atoms with Gasteiger partial charge in [-0.2, -0.15) is 5.26 Å². The number of nitriles is 1. The van der Waals surface area contributed by atoms with Crippen molar-refractivity contribution < 1.29 is 13.9 Å². The van der Waals surface area contributed by atoms with Crippen LogP contribution in [0.25, 0.3) is 0 Å². The molecule has 3 nitrogen and oxygen atoms in total. The first kappa shape index (κ1) is 11.7. The first-order valence-electron chi connectivity index (χ1n) is 4.16.